The Balaban J connectivity index is 1.89. The van der Waals surface area contributed by atoms with Gasteiger partial charge in [-0.3, -0.25) is 4.79 Å². The van der Waals surface area contributed by atoms with Crippen molar-refractivity contribution in [2.24, 2.45) is 0 Å². The van der Waals surface area contributed by atoms with Gasteiger partial charge in [-0.05, 0) is 55.7 Å². The van der Waals surface area contributed by atoms with Crippen LogP contribution in [0.5, 0.6) is 11.5 Å². The smallest absolute Gasteiger partial charge is 0.262 e. The van der Waals surface area contributed by atoms with E-state index in [4.69, 9.17) is 9.47 Å². The molecule has 23 heavy (non-hydrogen) atoms. The van der Waals surface area contributed by atoms with Gasteiger partial charge in [-0.1, -0.05) is 19.1 Å². The van der Waals surface area contributed by atoms with Gasteiger partial charge in [0.2, 0.25) is 0 Å². The summed E-state index contributed by atoms with van der Waals surface area (Å²) in [6.07, 6.45) is 0.945. The highest BCUT2D eigenvalue weighted by atomic mass is 16.5. The third-order valence-corrected chi connectivity index (χ3v) is 3.16. The molecule has 0 radical (unpaired) electrons. The second kappa shape index (κ2) is 8.22. The minimum atomic E-state index is -0.197. The zero-order chi connectivity index (χ0) is 16.7. The van der Waals surface area contributed by atoms with Crippen LogP contribution in [0.2, 0.25) is 0 Å². The summed E-state index contributed by atoms with van der Waals surface area (Å²) in [4.78, 5) is 12.0. The summed E-state index contributed by atoms with van der Waals surface area (Å²) < 4.78 is 11.1. The largest absolute Gasteiger partial charge is 0.494 e. The lowest BCUT2D eigenvalue weighted by molar-refractivity contribution is -0.118. The average molecular weight is 313 g/mol. The molecule has 0 aromatic heterocycles. The molecule has 0 aliphatic rings. The van der Waals surface area contributed by atoms with Gasteiger partial charge >= 0.3 is 0 Å². The van der Waals surface area contributed by atoms with Gasteiger partial charge in [0.25, 0.3) is 5.91 Å². The maximum Gasteiger partial charge on any atom is 0.262 e. The van der Waals surface area contributed by atoms with Gasteiger partial charge in [0.15, 0.2) is 6.61 Å². The zero-order valence-electron chi connectivity index (χ0n) is 13.9. The molecular weight excluding hydrogens is 290 g/mol. The lowest BCUT2D eigenvalue weighted by atomic mass is 10.1. The number of rotatable bonds is 7. The Morgan fingerprint density at radius 3 is 2.43 bits per heavy atom. The molecule has 0 spiro atoms. The van der Waals surface area contributed by atoms with Gasteiger partial charge in [-0.25, -0.2) is 0 Å². The molecule has 0 atom stereocenters. The second-order valence-corrected chi connectivity index (χ2v) is 5.54. The van der Waals surface area contributed by atoms with Crippen LogP contribution in [-0.2, 0) is 4.79 Å². The summed E-state index contributed by atoms with van der Waals surface area (Å²) in [5, 5.41) is 2.81. The molecule has 1 amide bonds. The number of ether oxygens (including phenoxy) is 2. The highest BCUT2D eigenvalue weighted by Gasteiger charge is 2.05. The van der Waals surface area contributed by atoms with Gasteiger partial charge < -0.3 is 14.8 Å². The molecule has 122 valence electrons. The third-order valence-electron chi connectivity index (χ3n) is 3.16. The van der Waals surface area contributed by atoms with Gasteiger partial charge in [0.05, 0.1) is 6.61 Å². The van der Waals surface area contributed by atoms with Gasteiger partial charge in [0.1, 0.15) is 11.5 Å². The molecule has 1 N–H and O–H groups in total. The lowest BCUT2D eigenvalue weighted by Gasteiger charge is -2.10. The first kappa shape index (κ1) is 16.9. The Bertz CT molecular complexity index is 647. The molecule has 0 bridgehead atoms. The van der Waals surface area contributed by atoms with E-state index in [2.05, 4.69) is 18.3 Å². The van der Waals surface area contributed by atoms with E-state index < -0.39 is 0 Å². The predicted molar refractivity (Wildman–Crippen MR) is 92.3 cm³/mol. The van der Waals surface area contributed by atoms with Crippen LogP contribution in [0.15, 0.2) is 42.5 Å². The molecule has 0 unspecified atom stereocenters. The highest BCUT2D eigenvalue weighted by Crippen LogP contribution is 2.18. The quantitative estimate of drug-likeness (QED) is 0.837. The SMILES string of the molecule is CCCOc1cccc(NC(=O)COc2cc(C)cc(C)c2)c1. The molecule has 2 rings (SSSR count). The number of aryl methyl sites for hydroxylation is 2. The molecule has 4 nitrogen and oxygen atoms in total. The lowest BCUT2D eigenvalue weighted by Crippen LogP contribution is -2.20. The Hall–Kier alpha value is -2.49. The van der Waals surface area contributed by atoms with E-state index in [0.29, 0.717) is 18.0 Å². The van der Waals surface area contributed by atoms with Gasteiger partial charge in [-0.2, -0.15) is 0 Å². The van der Waals surface area contributed by atoms with Crippen molar-refractivity contribution in [3.05, 3.63) is 53.6 Å². The maximum atomic E-state index is 12.0. The fourth-order valence-electron chi connectivity index (χ4n) is 2.25. The van der Waals surface area contributed by atoms with Gasteiger partial charge in [-0.15, -0.1) is 0 Å². The first-order valence-corrected chi connectivity index (χ1v) is 7.80. The van der Waals surface area contributed by atoms with E-state index in [9.17, 15) is 4.79 Å². The Morgan fingerprint density at radius 2 is 1.74 bits per heavy atom. The van der Waals surface area contributed by atoms with Crippen molar-refractivity contribution in [2.45, 2.75) is 27.2 Å². The van der Waals surface area contributed by atoms with Crippen LogP contribution in [0.25, 0.3) is 0 Å². The standard InChI is InChI=1S/C19H23NO3/c1-4-8-22-17-7-5-6-16(12-17)20-19(21)13-23-18-10-14(2)9-15(3)11-18/h5-7,9-12H,4,8,13H2,1-3H3,(H,20,21). The fraction of sp³-hybridized carbons (Fsp3) is 0.316. The number of hydrogen-bond donors (Lipinski definition) is 1. The van der Waals surface area contributed by atoms with E-state index in [0.717, 1.165) is 23.3 Å². The van der Waals surface area contributed by atoms with Crippen molar-refractivity contribution in [3.8, 4) is 11.5 Å². The minimum Gasteiger partial charge on any atom is -0.494 e. The third kappa shape index (κ3) is 5.66. The second-order valence-electron chi connectivity index (χ2n) is 5.54. The van der Waals surface area contributed by atoms with Crippen molar-refractivity contribution in [1.82, 2.24) is 0 Å². The monoisotopic (exact) mass is 313 g/mol. The summed E-state index contributed by atoms with van der Waals surface area (Å²) in [5.74, 6) is 1.26. The molecule has 0 fully saturated rings. The molecule has 0 heterocycles. The summed E-state index contributed by atoms with van der Waals surface area (Å²) in [7, 11) is 0. The number of amides is 1. The molecule has 2 aromatic rings. The first-order valence-electron chi connectivity index (χ1n) is 7.80. The van der Waals surface area contributed by atoms with E-state index >= 15 is 0 Å². The van der Waals surface area contributed by atoms with Crippen molar-refractivity contribution in [1.29, 1.82) is 0 Å². The summed E-state index contributed by atoms with van der Waals surface area (Å²) in [6, 6.07) is 13.3. The Morgan fingerprint density at radius 1 is 1.00 bits per heavy atom. The Kier molecular flexibility index (Phi) is 6.03. The Labute approximate surface area is 137 Å². The normalized spacial score (nSPS) is 10.2. The average Bonchev–Trinajstić information content (AvgIpc) is 2.50. The fourth-order valence-corrected chi connectivity index (χ4v) is 2.25. The van der Waals surface area contributed by atoms with Gasteiger partial charge in [0, 0.05) is 11.8 Å². The van der Waals surface area contributed by atoms with E-state index in [1.54, 1.807) is 0 Å². The summed E-state index contributed by atoms with van der Waals surface area (Å²) in [6.45, 7) is 6.69. The molecule has 0 saturated heterocycles. The number of carbonyl (C=O) groups is 1. The van der Waals surface area contributed by atoms with Crippen LogP contribution < -0.4 is 14.8 Å². The predicted octanol–water partition coefficient (Wildman–Crippen LogP) is 4.11. The zero-order valence-corrected chi connectivity index (χ0v) is 13.9. The first-order chi connectivity index (χ1) is 11.1. The maximum absolute atomic E-state index is 12.0. The van der Waals surface area contributed by atoms with E-state index in [-0.39, 0.29) is 12.5 Å². The molecule has 2 aromatic carbocycles. The van der Waals surface area contributed by atoms with E-state index in [1.807, 2.05) is 50.2 Å². The summed E-state index contributed by atoms with van der Waals surface area (Å²) in [5.41, 5.74) is 2.93. The minimum absolute atomic E-state index is 0.0249. The van der Waals surface area contributed by atoms with Crippen LogP contribution in [-0.4, -0.2) is 19.1 Å². The number of carbonyl (C=O) groups excluding carboxylic acids is 1. The molecule has 0 aliphatic carbocycles. The number of nitrogens with one attached hydrogen (secondary N) is 1. The molecule has 0 saturated carbocycles. The summed E-state index contributed by atoms with van der Waals surface area (Å²) >= 11 is 0. The van der Waals surface area contributed by atoms with Crippen LogP contribution in [0.4, 0.5) is 5.69 Å². The molecule has 0 aliphatic heterocycles. The van der Waals surface area contributed by atoms with Crippen molar-refractivity contribution in [2.75, 3.05) is 18.5 Å². The topological polar surface area (TPSA) is 47.6 Å². The molecule has 4 heteroatoms. The molecular formula is C19H23NO3. The number of benzene rings is 2. The van der Waals surface area contributed by atoms with Crippen molar-refractivity contribution < 1.29 is 14.3 Å². The number of anilines is 1. The van der Waals surface area contributed by atoms with Crippen molar-refractivity contribution in [3.63, 3.8) is 0 Å². The highest BCUT2D eigenvalue weighted by molar-refractivity contribution is 5.92. The van der Waals surface area contributed by atoms with Crippen LogP contribution in [0.1, 0.15) is 24.5 Å². The van der Waals surface area contributed by atoms with E-state index in [1.165, 1.54) is 0 Å². The van der Waals surface area contributed by atoms with Crippen LogP contribution in [0, 0.1) is 13.8 Å². The number of hydrogen-bond acceptors (Lipinski definition) is 3. The van der Waals surface area contributed by atoms with Crippen LogP contribution >= 0.6 is 0 Å². The van der Waals surface area contributed by atoms with Crippen LogP contribution in [0.3, 0.4) is 0 Å². The van der Waals surface area contributed by atoms with Crippen molar-refractivity contribution >= 4 is 11.6 Å².